The zero-order valence-corrected chi connectivity index (χ0v) is 20.5. The van der Waals surface area contributed by atoms with Crippen molar-refractivity contribution in [1.82, 2.24) is 9.29 Å². The summed E-state index contributed by atoms with van der Waals surface area (Å²) >= 11 is 1.42. The van der Waals surface area contributed by atoms with Crippen molar-refractivity contribution in [3.8, 4) is 22.1 Å². The molecule has 0 amide bonds. The number of hydrogen-bond donors (Lipinski definition) is 0. The number of rotatable bonds is 10. The van der Waals surface area contributed by atoms with E-state index in [1.165, 1.54) is 39.9 Å². The first-order valence-electron chi connectivity index (χ1n) is 10.3. The Labute approximate surface area is 197 Å². The second-order valence-electron chi connectivity index (χ2n) is 6.90. The second kappa shape index (κ2) is 10.8. The SMILES string of the molecule is CCN(CC)S(=O)(=O)c1ccc(C(=O)OCc2csc(-c3ccc(OC)c(OC)c3)n2)cc1. The Morgan fingerprint density at radius 2 is 1.67 bits per heavy atom. The highest BCUT2D eigenvalue weighted by Crippen LogP contribution is 2.33. The molecule has 0 saturated heterocycles. The number of hydrogen-bond acceptors (Lipinski definition) is 8. The lowest BCUT2D eigenvalue weighted by atomic mass is 10.2. The quantitative estimate of drug-likeness (QED) is 0.393. The summed E-state index contributed by atoms with van der Waals surface area (Å²) in [5.41, 5.74) is 1.74. The lowest BCUT2D eigenvalue weighted by molar-refractivity contribution is 0.0468. The van der Waals surface area contributed by atoms with Gasteiger partial charge in [0.2, 0.25) is 10.0 Å². The maximum absolute atomic E-state index is 12.6. The minimum Gasteiger partial charge on any atom is -0.493 e. The molecule has 0 aliphatic heterocycles. The minimum absolute atomic E-state index is 0.00210. The van der Waals surface area contributed by atoms with E-state index in [4.69, 9.17) is 14.2 Å². The van der Waals surface area contributed by atoms with Gasteiger partial charge in [0.15, 0.2) is 11.5 Å². The molecule has 0 bridgehead atoms. The highest BCUT2D eigenvalue weighted by Gasteiger charge is 2.22. The molecular formula is C23H26N2O6S2. The molecule has 0 saturated carbocycles. The number of esters is 1. The van der Waals surface area contributed by atoms with E-state index in [1.807, 2.05) is 17.5 Å². The molecule has 3 aromatic rings. The molecule has 2 aromatic carbocycles. The van der Waals surface area contributed by atoms with Crippen molar-refractivity contribution in [1.29, 1.82) is 0 Å². The topological polar surface area (TPSA) is 95.0 Å². The summed E-state index contributed by atoms with van der Waals surface area (Å²) in [6, 6.07) is 11.3. The fourth-order valence-corrected chi connectivity index (χ4v) is 5.43. The third-order valence-electron chi connectivity index (χ3n) is 4.97. The number of carbonyl (C=O) groups excluding carboxylic acids is 1. The van der Waals surface area contributed by atoms with Gasteiger partial charge in [-0.05, 0) is 42.5 Å². The van der Waals surface area contributed by atoms with Gasteiger partial charge in [-0.1, -0.05) is 13.8 Å². The van der Waals surface area contributed by atoms with Crippen LogP contribution in [0.1, 0.15) is 29.9 Å². The van der Waals surface area contributed by atoms with Crippen molar-refractivity contribution in [3.63, 3.8) is 0 Å². The van der Waals surface area contributed by atoms with E-state index in [2.05, 4.69) is 4.98 Å². The van der Waals surface area contributed by atoms with Gasteiger partial charge < -0.3 is 14.2 Å². The Morgan fingerprint density at radius 3 is 2.27 bits per heavy atom. The number of aromatic nitrogens is 1. The maximum Gasteiger partial charge on any atom is 0.338 e. The lowest BCUT2D eigenvalue weighted by Crippen LogP contribution is -2.30. The van der Waals surface area contributed by atoms with E-state index >= 15 is 0 Å². The molecule has 0 atom stereocenters. The average Bonchev–Trinajstić information content (AvgIpc) is 3.31. The van der Waals surface area contributed by atoms with E-state index in [0.29, 0.717) is 30.3 Å². The summed E-state index contributed by atoms with van der Waals surface area (Å²) in [7, 11) is -0.433. The van der Waals surface area contributed by atoms with Crippen LogP contribution in [-0.2, 0) is 21.4 Å². The zero-order valence-electron chi connectivity index (χ0n) is 18.9. The molecule has 0 N–H and O–H groups in total. The largest absolute Gasteiger partial charge is 0.493 e. The fraction of sp³-hybridized carbons (Fsp3) is 0.304. The Hall–Kier alpha value is -2.95. The summed E-state index contributed by atoms with van der Waals surface area (Å²) in [5.74, 6) is 0.676. The van der Waals surface area contributed by atoms with E-state index in [1.54, 1.807) is 34.1 Å². The Kier molecular flexibility index (Phi) is 8.06. The van der Waals surface area contributed by atoms with Crippen LogP contribution >= 0.6 is 11.3 Å². The third kappa shape index (κ3) is 5.52. The predicted molar refractivity (Wildman–Crippen MR) is 126 cm³/mol. The van der Waals surface area contributed by atoms with Crippen molar-refractivity contribution >= 4 is 27.3 Å². The molecule has 1 aromatic heterocycles. The average molecular weight is 491 g/mol. The zero-order chi connectivity index (χ0) is 24.0. The van der Waals surface area contributed by atoms with Gasteiger partial charge in [0.05, 0.1) is 30.4 Å². The molecule has 1 heterocycles. The third-order valence-corrected chi connectivity index (χ3v) is 7.97. The molecule has 0 spiro atoms. The lowest BCUT2D eigenvalue weighted by Gasteiger charge is -2.18. The molecule has 176 valence electrons. The predicted octanol–water partition coefficient (Wildman–Crippen LogP) is 4.21. The number of benzene rings is 2. The Balaban J connectivity index is 1.66. The van der Waals surface area contributed by atoms with Crippen LogP contribution in [0.25, 0.3) is 10.6 Å². The van der Waals surface area contributed by atoms with Gasteiger partial charge in [0.1, 0.15) is 11.6 Å². The molecule has 0 unspecified atom stereocenters. The maximum atomic E-state index is 12.6. The molecule has 0 radical (unpaired) electrons. The van der Waals surface area contributed by atoms with Crippen LogP contribution < -0.4 is 9.47 Å². The number of sulfonamides is 1. The van der Waals surface area contributed by atoms with Crippen molar-refractivity contribution in [2.75, 3.05) is 27.3 Å². The summed E-state index contributed by atoms with van der Waals surface area (Å²) in [6.07, 6.45) is 0. The number of carbonyl (C=O) groups is 1. The van der Waals surface area contributed by atoms with Crippen molar-refractivity contribution < 1.29 is 27.4 Å². The van der Waals surface area contributed by atoms with Gasteiger partial charge in [-0.25, -0.2) is 18.2 Å². The van der Waals surface area contributed by atoms with Crippen molar-refractivity contribution in [2.45, 2.75) is 25.3 Å². The van der Waals surface area contributed by atoms with Gasteiger partial charge in [-0.15, -0.1) is 11.3 Å². The first-order valence-corrected chi connectivity index (χ1v) is 12.6. The monoisotopic (exact) mass is 490 g/mol. The van der Waals surface area contributed by atoms with Crippen LogP contribution in [-0.4, -0.2) is 51.0 Å². The smallest absolute Gasteiger partial charge is 0.338 e. The Bertz CT molecular complexity index is 1200. The Morgan fingerprint density at radius 1 is 1.00 bits per heavy atom. The highest BCUT2D eigenvalue weighted by atomic mass is 32.2. The second-order valence-corrected chi connectivity index (χ2v) is 9.70. The van der Waals surface area contributed by atoms with Crippen LogP contribution in [0.15, 0.2) is 52.7 Å². The van der Waals surface area contributed by atoms with E-state index < -0.39 is 16.0 Å². The van der Waals surface area contributed by atoms with Gasteiger partial charge in [0, 0.05) is 24.0 Å². The first kappa shape index (κ1) is 24.7. The molecule has 10 heteroatoms. The van der Waals surface area contributed by atoms with E-state index in [9.17, 15) is 13.2 Å². The molecule has 0 aliphatic rings. The highest BCUT2D eigenvalue weighted by molar-refractivity contribution is 7.89. The number of nitrogens with zero attached hydrogens (tertiary/aromatic N) is 2. The molecule has 8 nitrogen and oxygen atoms in total. The number of methoxy groups -OCH3 is 2. The molecule has 3 rings (SSSR count). The van der Waals surface area contributed by atoms with Gasteiger partial charge in [-0.3, -0.25) is 0 Å². The van der Waals surface area contributed by atoms with Gasteiger partial charge in [-0.2, -0.15) is 4.31 Å². The molecule has 0 aliphatic carbocycles. The van der Waals surface area contributed by atoms with E-state index in [-0.39, 0.29) is 17.1 Å². The van der Waals surface area contributed by atoms with Crippen LogP contribution in [0.3, 0.4) is 0 Å². The fourth-order valence-electron chi connectivity index (χ4n) is 3.17. The van der Waals surface area contributed by atoms with Crippen molar-refractivity contribution in [3.05, 3.63) is 59.1 Å². The number of thiazole rings is 1. The van der Waals surface area contributed by atoms with E-state index in [0.717, 1.165) is 10.6 Å². The minimum atomic E-state index is -3.58. The first-order chi connectivity index (χ1) is 15.8. The summed E-state index contributed by atoms with van der Waals surface area (Å²) in [6.45, 7) is 4.31. The van der Waals surface area contributed by atoms with Crippen LogP contribution in [0.5, 0.6) is 11.5 Å². The molecule has 0 fully saturated rings. The van der Waals surface area contributed by atoms with Crippen LogP contribution in [0.4, 0.5) is 0 Å². The standard InChI is InChI=1S/C23H26N2O6S2/c1-5-25(6-2)33(27,28)19-10-7-16(8-11-19)23(26)31-14-18-15-32-22(24-18)17-9-12-20(29-3)21(13-17)30-4/h7-13,15H,5-6,14H2,1-4H3. The van der Waals surface area contributed by atoms with Crippen LogP contribution in [0.2, 0.25) is 0 Å². The normalized spacial score (nSPS) is 11.4. The summed E-state index contributed by atoms with van der Waals surface area (Å²) in [4.78, 5) is 17.1. The van der Waals surface area contributed by atoms with Gasteiger partial charge >= 0.3 is 5.97 Å². The summed E-state index contributed by atoms with van der Waals surface area (Å²) < 4.78 is 42.4. The molecule has 33 heavy (non-hydrogen) atoms. The van der Waals surface area contributed by atoms with Crippen molar-refractivity contribution in [2.24, 2.45) is 0 Å². The molecular weight excluding hydrogens is 464 g/mol. The number of ether oxygens (including phenoxy) is 3. The summed E-state index contributed by atoms with van der Waals surface area (Å²) in [5, 5.41) is 2.58. The van der Waals surface area contributed by atoms with Crippen LogP contribution in [0, 0.1) is 0 Å². The van der Waals surface area contributed by atoms with Gasteiger partial charge in [0.25, 0.3) is 0 Å².